The number of hydrogen-bond acceptors (Lipinski definition) is 5. The quantitative estimate of drug-likeness (QED) is 0.576. The van der Waals surface area contributed by atoms with Gasteiger partial charge in [-0.05, 0) is 17.9 Å². The molecule has 0 saturated heterocycles. The van der Waals surface area contributed by atoms with E-state index in [1.54, 1.807) is 12.3 Å². The first-order valence-corrected chi connectivity index (χ1v) is 8.17. The van der Waals surface area contributed by atoms with Crippen LogP contribution in [0.25, 0.3) is 0 Å². The lowest BCUT2D eigenvalue weighted by Crippen LogP contribution is -2.39. The number of carbonyl (C=O) groups excluding carboxylic acids is 2. The zero-order valence-electron chi connectivity index (χ0n) is 14.7. The van der Waals surface area contributed by atoms with Crippen LogP contribution in [0, 0.1) is 0 Å². The number of rotatable bonds is 5. The summed E-state index contributed by atoms with van der Waals surface area (Å²) >= 11 is 0. The first kappa shape index (κ1) is 22.3. The highest BCUT2D eigenvalue weighted by atomic mass is 19.4. The fourth-order valence-corrected chi connectivity index (χ4v) is 2.32. The van der Waals surface area contributed by atoms with Crippen LogP contribution in [0.1, 0.15) is 42.5 Å². The van der Waals surface area contributed by atoms with E-state index < -0.39 is 18.1 Å². The second kappa shape index (κ2) is 10.4. The Morgan fingerprint density at radius 1 is 1.33 bits per heavy atom. The van der Waals surface area contributed by atoms with Crippen LogP contribution in [0.2, 0.25) is 0 Å². The Kier molecular flexibility index (Phi) is 8.63. The number of aryl methyl sites for hydroxylation is 1. The third-order valence-electron chi connectivity index (χ3n) is 3.70. The van der Waals surface area contributed by atoms with Crippen molar-refractivity contribution in [3.8, 4) is 0 Å². The summed E-state index contributed by atoms with van der Waals surface area (Å²) < 4.78 is 37.8. The number of carboxylic acids is 1. The molecule has 1 amide bonds. The number of hydrogen-bond donors (Lipinski definition) is 2. The molecule has 8 nitrogen and oxygen atoms in total. The highest BCUT2D eigenvalue weighted by Crippen LogP contribution is 2.18. The number of nitrogens with one attached hydrogen (secondary N) is 1. The van der Waals surface area contributed by atoms with Gasteiger partial charge in [-0.2, -0.15) is 13.2 Å². The Bertz CT molecular complexity index is 644. The van der Waals surface area contributed by atoms with Gasteiger partial charge in [0.2, 0.25) is 0 Å². The number of halogens is 3. The molecule has 0 radical (unpaired) electrons. The van der Waals surface area contributed by atoms with E-state index in [-0.39, 0.29) is 18.4 Å². The molecule has 0 unspecified atom stereocenters. The minimum Gasteiger partial charge on any atom is -0.481 e. The zero-order chi connectivity index (χ0) is 20.4. The number of ether oxygens (including phenoxy) is 1. The van der Waals surface area contributed by atoms with E-state index in [1.807, 2.05) is 0 Å². The average Bonchev–Trinajstić information content (AvgIpc) is 3.12. The number of methoxy groups -OCH3 is 1. The largest absolute Gasteiger partial charge is 0.490 e. The number of carboxylic acid groups (broad SMARTS) is 1. The third-order valence-corrected chi connectivity index (χ3v) is 3.70. The first-order valence-electron chi connectivity index (χ1n) is 8.17. The molecule has 150 valence electrons. The number of aliphatic carboxylic acids is 1. The van der Waals surface area contributed by atoms with E-state index in [0.717, 1.165) is 12.8 Å². The second-order valence-electron chi connectivity index (χ2n) is 5.77. The molecule has 0 spiro atoms. The molecule has 0 bridgehead atoms. The van der Waals surface area contributed by atoms with Gasteiger partial charge in [-0.3, -0.25) is 9.59 Å². The van der Waals surface area contributed by atoms with Gasteiger partial charge in [-0.1, -0.05) is 17.5 Å². The van der Waals surface area contributed by atoms with Gasteiger partial charge in [0, 0.05) is 12.1 Å². The summed E-state index contributed by atoms with van der Waals surface area (Å²) in [5.41, 5.74) is 0.512. The fourth-order valence-electron chi connectivity index (χ4n) is 2.32. The third kappa shape index (κ3) is 8.47. The van der Waals surface area contributed by atoms with E-state index in [9.17, 15) is 27.6 Å². The van der Waals surface area contributed by atoms with Gasteiger partial charge in [0.15, 0.2) is 12.7 Å². The maximum atomic E-state index is 11.9. The summed E-state index contributed by atoms with van der Waals surface area (Å²) in [6, 6.07) is 1.95. The Morgan fingerprint density at radius 3 is 2.37 bits per heavy atom. The molecule has 1 heterocycles. The van der Waals surface area contributed by atoms with Crippen LogP contribution in [-0.2, 0) is 20.9 Å². The summed E-state index contributed by atoms with van der Waals surface area (Å²) in [5.74, 6) is -3.14. The van der Waals surface area contributed by atoms with Crippen LogP contribution in [0.5, 0.6) is 0 Å². The van der Waals surface area contributed by atoms with E-state index in [4.69, 9.17) is 5.11 Å². The van der Waals surface area contributed by atoms with E-state index in [2.05, 4.69) is 15.2 Å². The fraction of sp³-hybridized carbons (Fsp3) is 0.562. The van der Waals surface area contributed by atoms with Gasteiger partial charge in [0.25, 0.3) is 5.91 Å². The molecule has 0 aromatic carbocycles. The summed E-state index contributed by atoms with van der Waals surface area (Å²) in [7, 11) is 0.676. The lowest BCUT2D eigenvalue weighted by Gasteiger charge is -2.10. The number of amides is 1. The molecule has 2 rings (SSSR count). The Labute approximate surface area is 153 Å². The lowest BCUT2D eigenvalue weighted by molar-refractivity contribution is -0.753. The molecule has 0 aliphatic heterocycles. The van der Waals surface area contributed by atoms with Crippen molar-refractivity contribution >= 4 is 17.8 Å². The Hall–Kier alpha value is -2.72. The van der Waals surface area contributed by atoms with Gasteiger partial charge >= 0.3 is 18.1 Å². The molecule has 1 fully saturated rings. The number of nitrogens with zero attached hydrogens (tertiary/aromatic N) is 2. The standard InChI is InChI=1S/C13H17N3O3.C3H3F3O2/c17-12(18)6-8-16-7-5-10(9-14-16)13(19)15-11-3-1-2-4-11;1-8-2(7)3(4,5)6/h5,7,9,11H,1-4,6,8H2,(H-,15,17,18,19);1H3/p+1. The van der Waals surface area contributed by atoms with E-state index in [1.165, 1.54) is 23.7 Å². The minimum atomic E-state index is -4.85. The Morgan fingerprint density at radius 2 is 1.96 bits per heavy atom. The predicted octanol–water partition coefficient (Wildman–Crippen LogP) is 1.24. The van der Waals surface area contributed by atoms with Crippen molar-refractivity contribution in [3.63, 3.8) is 0 Å². The number of esters is 1. The van der Waals surface area contributed by atoms with Gasteiger partial charge < -0.3 is 15.2 Å². The Balaban J connectivity index is 0.000000387. The molecule has 1 aliphatic carbocycles. The lowest BCUT2D eigenvalue weighted by atomic mass is 10.2. The van der Waals surface area contributed by atoms with Gasteiger partial charge in [-0.15, -0.1) is 0 Å². The maximum Gasteiger partial charge on any atom is 0.490 e. The molecule has 1 aromatic rings. The van der Waals surface area contributed by atoms with Crippen molar-refractivity contribution in [2.24, 2.45) is 0 Å². The SMILES string of the molecule is COC(=O)C(F)(F)F.O=C(O)CC[n+]1ccc(C(=O)NC2CCCC2)cn1. The minimum absolute atomic E-state index is 0.0191. The number of aromatic nitrogens is 2. The topological polar surface area (TPSA) is 109 Å². The normalized spacial score (nSPS) is 14.1. The zero-order valence-corrected chi connectivity index (χ0v) is 14.7. The maximum absolute atomic E-state index is 11.9. The van der Waals surface area contributed by atoms with Crippen molar-refractivity contribution in [3.05, 3.63) is 24.0 Å². The van der Waals surface area contributed by atoms with Crippen molar-refractivity contribution in [2.75, 3.05) is 7.11 Å². The van der Waals surface area contributed by atoms with Gasteiger partial charge in [0.1, 0.15) is 12.6 Å². The van der Waals surface area contributed by atoms with Crippen LogP contribution >= 0.6 is 0 Å². The molecule has 1 aliphatic rings. The number of alkyl halides is 3. The summed E-state index contributed by atoms with van der Waals surface area (Å²) in [4.78, 5) is 31.8. The summed E-state index contributed by atoms with van der Waals surface area (Å²) in [6.45, 7) is 0.305. The van der Waals surface area contributed by atoms with Crippen molar-refractivity contribution in [2.45, 2.75) is 50.9 Å². The molecular weight excluding hydrogens is 371 g/mol. The highest BCUT2D eigenvalue weighted by molar-refractivity contribution is 5.93. The molecule has 27 heavy (non-hydrogen) atoms. The van der Waals surface area contributed by atoms with E-state index >= 15 is 0 Å². The summed E-state index contributed by atoms with van der Waals surface area (Å²) in [6.07, 6.45) is 2.72. The van der Waals surface area contributed by atoms with Crippen LogP contribution in [0.3, 0.4) is 0 Å². The first-order chi connectivity index (χ1) is 12.6. The van der Waals surface area contributed by atoms with Crippen molar-refractivity contribution in [1.29, 1.82) is 0 Å². The van der Waals surface area contributed by atoms with Crippen LogP contribution in [0.4, 0.5) is 13.2 Å². The van der Waals surface area contributed by atoms with Gasteiger partial charge in [-0.25, -0.2) is 4.79 Å². The van der Waals surface area contributed by atoms with Gasteiger partial charge in [0.05, 0.1) is 12.7 Å². The van der Waals surface area contributed by atoms with Crippen LogP contribution in [0.15, 0.2) is 18.5 Å². The molecule has 1 saturated carbocycles. The highest BCUT2D eigenvalue weighted by Gasteiger charge is 2.40. The molecular formula is C16H21F3N3O5+. The molecule has 0 atom stereocenters. The van der Waals surface area contributed by atoms with Crippen LogP contribution < -0.4 is 10.00 Å². The monoisotopic (exact) mass is 392 g/mol. The average molecular weight is 392 g/mol. The summed E-state index contributed by atoms with van der Waals surface area (Å²) in [5, 5.41) is 15.6. The number of carbonyl (C=O) groups is 3. The van der Waals surface area contributed by atoms with Crippen molar-refractivity contribution < 1.29 is 42.1 Å². The van der Waals surface area contributed by atoms with E-state index in [0.29, 0.717) is 19.2 Å². The molecule has 11 heteroatoms. The van der Waals surface area contributed by atoms with Crippen LogP contribution in [-0.4, -0.2) is 47.4 Å². The molecule has 1 aromatic heterocycles. The smallest absolute Gasteiger partial charge is 0.481 e. The molecule has 2 N–H and O–H groups in total. The predicted molar refractivity (Wildman–Crippen MR) is 84.5 cm³/mol. The van der Waals surface area contributed by atoms with Crippen molar-refractivity contribution in [1.82, 2.24) is 10.4 Å². The second-order valence-corrected chi connectivity index (χ2v) is 5.77.